The molecule has 0 aliphatic carbocycles. The summed E-state index contributed by atoms with van der Waals surface area (Å²) in [5, 5.41) is 8.43. The largest absolute Gasteiger partial charge is 0.341 e. The molecule has 4 aromatic rings. The van der Waals surface area contributed by atoms with Crippen molar-refractivity contribution >= 4 is 58.0 Å². The molecule has 3 nitrogen and oxygen atoms in total. The van der Waals surface area contributed by atoms with E-state index in [-0.39, 0.29) is 24.8 Å². The Kier molecular flexibility index (Phi) is 7.25. The molecule has 5 rings (SSSR count). The van der Waals surface area contributed by atoms with Crippen LogP contribution in [0.3, 0.4) is 0 Å². The molecule has 0 bridgehead atoms. The molecule has 1 N–H and O–H groups in total. The van der Waals surface area contributed by atoms with E-state index in [1.165, 1.54) is 32.2 Å². The second-order valence-electron chi connectivity index (χ2n) is 7.24. The van der Waals surface area contributed by atoms with Crippen LogP contribution in [0, 0.1) is 0 Å². The number of aryl methyl sites for hydroxylation is 1. The van der Waals surface area contributed by atoms with Gasteiger partial charge in [-0.05, 0) is 42.1 Å². The van der Waals surface area contributed by atoms with Crippen molar-refractivity contribution in [2.45, 2.75) is 19.5 Å². The van der Waals surface area contributed by atoms with Gasteiger partial charge in [0.25, 0.3) is 0 Å². The van der Waals surface area contributed by atoms with Crippen LogP contribution in [0.5, 0.6) is 0 Å². The average molecular weight is 448 g/mol. The zero-order valence-corrected chi connectivity index (χ0v) is 19.0. The SMILES string of the molecule is CCn1c2ccccc2c2cc([C@@H](c3cccs3)N3CCNCC3)ccc21.Cl.Cl. The third-order valence-corrected chi connectivity index (χ3v) is 6.68. The molecule has 0 saturated carbocycles. The number of nitrogens with one attached hydrogen (secondary N) is 1. The standard InChI is InChI=1S/C23H25N3S.2ClH/c1-2-26-20-7-4-3-6-18(20)19-16-17(9-10-21(19)26)23(22-8-5-15-27-22)25-13-11-24-12-14-25;;/h3-10,15-16,23-24H,2,11-14H2,1H3;2*1H/t23-;;/m0../s1. The molecule has 1 aliphatic rings. The predicted octanol–water partition coefficient (Wildman–Crippen LogP) is 5.71. The Morgan fingerprint density at radius 1 is 0.931 bits per heavy atom. The van der Waals surface area contributed by atoms with Gasteiger partial charge in [0, 0.05) is 59.4 Å². The summed E-state index contributed by atoms with van der Waals surface area (Å²) in [6.45, 7) is 7.55. The highest BCUT2D eigenvalue weighted by Crippen LogP contribution is 2.36. The molecular formula is C23H27Cl2N3S. The fourth-order valence-electron chi connectivity index (χ4n) is 4.52. The lowest BCUT2D eigenvalue weighted by molar-refractivity contribution is 0.201. The maximum atomic E-state index is 3.49. The molecule has 2 aromatic carbocycles. The van der Waals surface area contributed by atoms with E-state index in [2.05, 4.69) is 81.7 Å². The molecule has 3 heterocycles. The molecule has 1 atom stereocenters. The highest BCUT2D eigenvalue weighted by atomic mass is 35.5. The number of hydrogen-bond donors (Lipinski definition) is 1. The number of fused-ring (bicyclic) bond motifs is 3. The monoisotopic (exact) mass is 447 g/mol. The third kappa shape index (κ3) is 3.92. The van der Waals surface area contributed by atoms with Gasteiger partial charge in [-0.3, -0.25) is 4.90 Å². The Balaban J connectivity index is 0.00000120. The van der Waals surface area contributed by atoms with Crippen molar-refractivity contribution in [3.8, 4) is 0 Å². The third-order valence-electron chi connectivity index (χ3n) is 5.76. The summed E-state index contributed by atoms with van der Waals surface area (Å²) in [6, 6.07) is 20.7. The van der Waals surface area contributed by atoms with Gasteiger partial charge < -0.3 is 9.88 Å². The molecular weight excluding hydrogens is 421 g/mol. The molecule has 2 aromatic heterocycles. The van der Waals surface area contributed by atoms with E-state index in [0.717, 1.165) is 32.7 Å². The summed E-state index contributed by atoms with van der Waals surface area (Å²) in [5.41, 5.74) is 4.08. The normalized spacial score (nSPS) is 15.8. The molecule has 29 heavy (non-hydrogen) atoms. The molecule has 1 fully saturated rings. The molecule has 0 radical (unpaired) electrons. The number of thiophene rings is 1. The summed E-state index contributed by atoms with van der Waals surface area (Å²) >= 11 is 1.87. The quantitative estimate of drug-likeness (QED) is 0.431. The minimum absolute atomic E-state index is 0. The van der Waals surface area contributed by atoms with Crippen LogP contribution in [0.15, 0.2) is 60.0 Å². The summed E-state index contributed by atoms with van der Waals surface area (Å²) < 4.78 is 2.43. The van der Waals surface area contributed by atoms with Gasteiger partial charge in [0.05, 0.1) is 6.04 Å². The van der Waals surface area contributed by atoms with Crippen LogP contribution in [-0.4, -0.2) is 35.6 Å². The van der Waals surface area contributed by atoms with Crippen LogP contribution in [0.2, 0.25) is 0 Å². The highest BCUT2D eigenvalue weighted by molar-refractivity contribution is 7.10. The second-order valence-corrected chi connectivity index (χ2v) is 8.22. The summed E-state index contributed by atoms with van der Waals surface area (Å²) in [6.07, 6.45) is 0. The van der Waals surface area contributed by atoms with Crippen molar-refractivity contribution in [1.82, 2.24) is 14.8 Å². The summed E-state index contributed by atoms with van der Waals surface area (Å²) in [7, 11) is 0. The number of hydrogen-bond acceptors (Lipinski definition) is 3. The Hall–Kier alpha value is -1.56. The van der Waals surface area contributed by atoms with Crippen molar-refractivity contribution in [3.05, 3.63) is 70.4 Å². The minimum Gasteiger partial charge on any atom is -0.341 e. The van der Waals surface area contributed by atoms with E-state index in [4.69, 9.17) is 0 Å². The molecule has 1 saturated heterocycles. The summed E-state index contributed by atoms with van der Waals surface area (Å²) in [5.74, 6) is 0. The maximum Gasteiger partial charge on any atom is 0.0697 e. The van der Waals surface area contributed by atoms with Crippen LogP contribution in [0.4, 0.5) is 0 Å². The number of piperazine rings is 1. The van der Waals surface area contributed by atoms with Crippen LogP contribution in [-0.2, 0) is 6.54 Å². The van der Waals surface area contributed by atoms with Crippen molar-refractivity contribution in [3.63, 3.8) is 0 Å². The molecule has 1 aliphatic heterocycles. The first kappa shape index (κ1) is 22.1. The van der Waals surface area contributed by atoms with Crippen LogP contribution < -0.4 is 5.32 Å². The zero-order chi connectivity index (χ0) is 18.2. The van der Waals surface area contributed by atoms with Crippen molar-refractivity contribution in [2.75, 3.05) is 26.2 Å². The van der Waals surface area contributed by atoms with Gasteiger partial charge >= 0.3 is 0 Å². The lowest BCUT2D eigenvalue weighted by Gasteiger charge is -2.34. The number of para-hydroxylation sites is 1. The van der Waals surface area contributed by atoms with E-state index >= 15 is 0 Å². The Bertz CT molecular complexity index is 1070. The average Bonchev–Trinajstić information content (AvgIpc) is 3.35. The van der Waals surface area contributed by atoms with Crippen LogP contribution in [0.25, 0.3) is 21.8 Å². The first-order chi connectivity index (χ1) is 13.4. The van der Waals surface area contributed by atoms with Crippen molar-refractivity contribution in [1.29, 1.82) is 0 Å². The maximum absolute atomic E-state index is 3.49. The van der Waals surface area contributed by atoms with Crippen LogP contribution >= 0.6 is 36.2 Å². The lowest BCUT2D eigenvalue weighted by atomic mass is 10.00. The Morgan fingerprint density at radius 3 is 2.41 bits per heavy atom. The topological polar surface area (TPSA) is 20.2 Å². The van der Waals surface area contributed by atoms with E-state index in [1.807, 2.05) is 11.3 Å². The van der Waals surface area contributed by atoms with Crippen molar-refractivity contribution < 1.29 is 0 Å². The van der Waals surface area contributed by atoms with Gasteiger partial charge in [0.15, 0.2) is 0 Å². The smallest absolute Gasteiger partial charge is 0.0697 e. The van der Waals surface area contributed by atoms with E-state index < -0.39 is 0 Å². The fraction of sp³-hybridized carbons (Fsp3) is 0.304. The van der Waals surface area contributed by atoms with Gasteiger partial charge in [-0.25, -0.2) is 0 Å². The van der Waals surface area contributed by atoms with Gasteiger partial charge in [-0.2, -0.15) is 0 Å². The van der Waals surface area contributed by atoms with Gasteiger partial charge in [-0.1, -0.05) is 30.3 Å². The highest BCUT2D eigenvalue weighted by Gasteiger charge is 2.25. The van der Waals surface area contributed by atoms with E-state index in [0.29, 0.717) is 6.04 Å². The fourth-order valence-corrected chi connectivity index (χ4v) is 5.41. The Labute approximate surface area is 188 Å². The zero-order valence-electron chi connectivity index (χ0n) is 16.5. The number of nitrogens with zero attached hydrogens (tertiary/aromatic N) is 2. The van der Waals surface area contributed by atoms with Crippen molar-refractivity contribution in [2.24, 2.45) is 0 Å². The van der Waals surface area contributed by atoms with Gasteiger partial charge in [0.1, 0.15) is 0 Å². The first-order valence-corrected chi connectivity index (χ1v) is 10.7. The van der Waals surface area contributed by atoms with E-state index in [9.17, 15) is 0 Å². The molecule has 0 spiro atoms. The first-order valence-electron chi connectivity index (χ1n) is 9.86. The van der Waals surface area contributed by atoms with Crippen LogP contribution in [0.1, 0.15) is 23.4 Å². The van der Waals surface area contributed by atoms with E-state index in [1.54, 1.807) is 0 Å². The Morgan fingerprint density at radius 2 is 1.69 bits per heavy atom. The lowest BCUT2D eigenvalue weighted by Crippen LogP contribution is -2.45. The minimum atomic E-state index is 0. The van der Waals surface area contributed by atoms with Gasteiger partial charge in [-0.15, -0.1) is 36.2 Å². The number of aromatic nitrogens is 1. The molecule has 0 unspecified atom stereocenters. The second kappa shape index (κ2) is 9.50. The van der Waals surface area contributed by atoms with Gasteiger partial charge in [0.2, 0.25) is 0 Å². The molecule has 0 amide bonds. The molecule has 154 valence electrons. The summed E-state index contributed by atoms with van der Waals surface area (Å²) in [4.78, 5) is 4.07. The molecule has 6 heteroatoms. The number of halogens is 2. The number of benzene rings is 2. The number of rotatable bonds is 4. The predicted molar refractivity (Wildman–Crippen MR) is 130 cm³/mol.